The number of benzene rings is 2. The monoisotopic (exact) mass is 438 g/mol. The fourth-order valence-corrected chi connectivity index (χ4v) is 5.19. The van der Waals surface area contributed by atoms with Crippen molar-refractivity contribution in [1.82, 2.24) is 0 Å². The van der Waals surface area contributed by atoms with Gasteiger partial charge in [0.2, 0.25) is 0 Å². The third-order valence-corrected chi connectivity index (χ3v) is 6.59. The van der Waals surface area contributed by atoms with Crippen LogP contribution in [0.4, 0.5) is 18.9 Å². The summed E-state index contributed by atoms with van der Waals surface area (Å²) in [5.41, 5.74) is 6.45. The van der Waals surface area contributed by atoms with Crippen LogP contribution in [-0.4, -0.2) is 26.0 Å². The SMILES string of the molecule is CCC(F)c1cc(F)cc(C#N)c1Cc1cc(N)c(S(C)(=O)=O)c2c1CC(F)C2O. The van der Waals surface area contributed by atoms with Gasteiger partial charge >= 0.3 is 0 Å². The maximum absolute atomic E-state index is 14.5. The van der Waals surface area contributed by atoms with Crippen molar-refractivity contribution >= 4 is 15.5 Å². The Morgan fingerprint density at radius 2 is 2.03 bits per heavy atom. The summed E-state index contributed by atoms with van der Waals surface area (Å²) in [6.45, 7) is 1.58. The van der Waals surface area contributed by atoms with Gasteiger partial charge in [0.25, 0.3) is 0 Å². The molecule has 1 aliphatic rings. The molecule has 2 aromatic carbocycles. The van der Waals surface area contributed by atoms with E-state index >= 15 is 0 Å². The van der Waals surface area contributed by atoms with Gasteiger partial charge in [-0.15, -0.1) is 0 Å². The highest BCUT2D eigenvalue weighted by Crippen LogP contribution is 2.43. The van der Waals surface area contributed by atoms with Crippen LogP contribution >= 0.6 is 0 Å². The molecule has 0 aromatic heterocycles. The fraction of sp³-hybridized carbons (Fsp3) is 0.381. The van der Waals surface area contributed by atoms with Gasteiger partial charge in [0.15, 0.2) is 9.84 Å². The minimum Gasteiger partial charge on any atom is -0.398 e. The maximum Gasteiger partial charge on any atom is 0.177 e. The minimum atomic E-state index is -3.86. The molecule has 0 bridgehead atoms. The van der Waals surface area contributed by atoms with Crippen LogP contribution in [0.3, 0.4) is 0 Å². The van der Waals surface area contributed by atoms with Gasteiger partial charge in [-0.2, -0.15) is 5.26 Å². The number of fused-ring (bicyclic) bond motifs is 1. The van der Waals surface area contributed by atoms with E-state index in [9.17, 15) is 32.0 Å². The van der Waals surface area contributed by atoms with Crippen LogP contribution in [0.25, 0.3) is 0 Å². The molecule has 0 amide bonds. The molecule has 3 unspecified atom stereocenters. The number of aliphatic hydroxyl groups excluding tert-OH is 1. The lowest BCUT2D eigenvalue weighted by atomic mass is 9.89. The Hall–Kier alpha value is -2.57. The van der Waals surface area contributed by atoms with Crippen molar-refractivity contribution in [1.29, 1.82) is 5.26 Å². The highest BCUT2D eigenvalue weighted by molar-refractivity contribution is 7.91. The molecule has 3 rings (SSSR count). The Kier molecular flexibility index (Phi) is 5.85. The molecule has 0 fully saturated rings. The number of nitriles is 1. The number of nitrogens with two attached hydrogens (primary N) is 1. The molecule has 160 valence electrons. The van der Waals surface area contributed by atoms with Crippen molar-refractivity contribution in [3.8, 4) is 6.07 Å². The van der Waals surface area contributed by atoms with Gasteiger partial charge in [-0.3, -0.25) is 0 Å². The first kappa shape index (κ1) is 22.1. The van der Waals surface area contributed by atoms with Crippen LogP contribution in [0.2, 0.25) is 0 Å². The maximum atomic E-state index is 14.5. The topological polar surface area (TPSA) is 104 Å². The minimum absolute atomic E-state index is 0.00362. The average molecular weight is 438 g/mol. The van der Waals surface area contributed by atoms with Gasteiger partial charge in [-0.1, -0.05) is 6.92 Å². The summed E-state index contributed by atoms with van der Waals surface area (Å²) in [5.74, 6) is -0.752. The normalized spacial score (nSPS) is 19.4. The van der Waals surface area contributed by atoms with Gasteiger partial charge < -0.3 is 10.8 Å². The Bertz CT molecular complexity index is 1160. The molecule has 3 N–H and O–H groups in total. The number of aliphatic hydroxyl groups is 1. The molecule has 0 saturated heterocycles. The van der Waals surface area contributed by atoms with E-state index in [2.05, 4.69) is 0 Å². The Morgan fingerprint density at radius 3 is 2.60 bits per heavy atom. The van der Waals surface area contributed by atoms with E-state index < -0.39 is 34.1 Å². The third kappa shape index (κ3) is 3.77. The summed E-state index contributed by atoms with van der Waals surface area (Å²) in [5, 5.41) is 19.7. The molecule has 9 heteroatoms. The molecule has 0 heterocycles. The molecule has 30 heavy (non-hydrogen) atoms. The first-order valence-electron chi connectivity index (χ1n) is 9.32. The van der Waals surface area contributed by atoms with Gasteiger partial charge in [-0.05, 0) is 53.3 Å². The number of rotatable bonds is 5. The van der Waals surface area contributed by atoms with E-state index in [1.807, 2.05) is 6.07 Å². The largest absolute Gasteiger partial charge is 0.398 e. The number of hydrogen-bond donors (Lipinski definition) is 2. The van der Waals surface area contributed by atoms with E-state index in [-0.39, 0.29) is 57.7 Å². The van der Waals surface area contributed by atoms with Crippen molar-refractivity contribution in [2.75, 3.05) is 12.0 Å². The summed E-state index contributed by atoms with van der Waals surface area (Å²) in [6, 6.07) is 5.20. The molecule has 5 nitrogen and oxygen atoms in total. The summed E-state index contributed by atoms with van der Waals surface area (Å²) in [4.78, 5) is -0.328. The van der Waals surface area contributed by atoms with Crippen molar-refractivity contribution in [2.45, 2.75) is 49.5 Å². The van der Waals surface area contributed by atoms with Gasteiger partial charge in [0, 0.05) is 18.2 Å². The quantitative estimate of drug-likeness (QED) is 0.694. The number of halogens is 3. The molecule has 0 spiro atoms. The summed E-state index contributed by atoms with van der Waals surface area (Å²) < 4.78 is 67.2. The molecular formula is C21H21F3N2O3S. The van der Waals surface area contributed by atoms with Crippen LogP contribution < -0.4 is 5.73 Å². The number of anilines is 1. The van der Waals surface area contributed by atoms with Gasteiger partial charge in [0.05, 0.1) is 22.2 Å². The number of hydrogen-bond acceptors (Lipinski definition) is 5. The smallest absolute Gasteiger partial charge is 0.177 e. The predicted octanol–water partition coefficient (Wildman–Crippen LogP) is 3.62. The number of alkyl halides is 2. The zero-order valence-electron chi connectivity index (χ0n) is 16.4. The lowest BCUT2D eigenvalue weighted by molar-refractivity contribution is 0.0908. The highest BCUT2D eigenvalue weighted by atomic mass is 32.2. The number of sulfone groups is 1. The Labute approximate surface area is 172 Å². The molecular weight excluding hydrogens is 417 g/mol. The first-order chi connectivity index (χ1) is 14.0. The van der Waals surface area contributed by atoms with E-state index in [0.717, 1.165) is 18.4 Å². The van der Waals surface area contributed by atoms with E-state index in [4.69, 9.17) is 5.73 Å². The summed E-state index contributed by atoms with van der Waals surface area (Å²) in [7, 11) is -3.86. The Morgan fingerprint density at radius 1 is 1.37 bits per heavy atom. The third-order valence-electron chi connectivity index (χ3n) is 5.39. The molecule has 3 atom stereocenters. The molecule has 0 aliphatic heterocycles. The second-order valence-electron chi connectivity index (χ2n) is 7.47. The molecule has 0 saturated carbocycles. The number of nitrogens with zero attached hydrogens (tertiary/aromatic N) is 1. The van der Waals surface area contributed by atoms with Crippen LogP contribution in [-0.2, 0) is 22.7 Å². The van der Waals surface area contributed by atoms with E-state index in [1.165, 1.54) is 6.07 Å². The molecule has 1 aliphatic carbocycles. The summed E-state index contributed by atoms with van der Waals surface area (Å²) in [6.07, 6.45) is -4.29. The van der Waals surface area contributed by atoms with Crippen molar-refractivity contribution in [2.24, 2.45) is 0 Å². The average Bonchev–Trinajstić information content (AvgIpc) is 2.96. The first-order valence-corrected chi connectivity index (χ1v) is 11.2. The van der Waals surface area contributed by atoms with Crippen molar-refractivity contribution < 1.29 is 26.7 Å². The number of nitrogen functional groups attached to an aromatic ring is 1. The van der Waals surface area contributed by atoms with Gasteiger partial charge in [-0.25, -0.2) is 21.6 Å². The molecule has 2 aromatic rings. The Balaban J connectivity index is 2.26. The van der Waals surface area contributed by atoms with Crippen molar-refractivity contribution in [3.05, 3.63) is 57.4 Å². The van der Waals surface area contributed by atoms with Crippen LogP contribution in [0.5, 0.6) is 0 Å². The van der Waals surface area contributed by atoms with Crippen LogP contribution in [0.15, 0.2) is 23.1 Å². The second-order valence-corrected chi connectivity index (χ2v) is 9.42. The second kappa shape index (κ2) is 7.93. The zero-order chi connectivity index (χ0) is 22.4. The summed E-state index contributed by atoms with van der Waals surface area (Å²) >= 11 is 0. The standard InChI is InChI=1S/C21H21F3N2O3S/c1-3-16(23)15-7-12(22)4-11(9-25)13(15)5-10-6-18(26)21(30(2,28)29)19-14(10)8-17(24)20(19)27/h4,6-7,16-17,20,27H,3,5,8,26H2,1-2H3. The lowest BCUT2D eigenvalue weighted by Gasteiger charge is -2.19. The predicted molar refractivity (Wildman–Crippen MR) is 106 cm³/mol. The highest BCUT2D eigenvalue weighted by Gasteiger charge is 2.38. The lowest BCUT2D eigenvalue weighted by Crippen LogP contribution is -2.13. The zero-order valence-corrected chi connectivity index (χ0v) is 17.2. The van der Waals surface area contributed by atoms with Crippen LogP contribution in [0, 0.1) is 17.1 Å². The van der Waals surface area contributed by atoms with Crippen LogP contribution in [0.1, 0.15) is 59.0 Å². The van der Waals surface area contributed by atoms with E-state index in [1.54, 1.807) is 6.92 Å². The fourth-order valence-electron chi connectivity index (χ4n) is 4.06. The molecule has 0 radical (unpaired) electrons. The van der Waals surface area contributed by atoms with E-state index in [0.29, 0.717) is 5.56 Å². The van der Waals surface area contributed by atoms with Crippen molar-refractivity contribution in [3.63, 3.8) is 0 Å². The van der Waals surface area contributed by atoms with Gasteiger partial charge in [0.1, 0.15) is 24.3 Å².